The van der Waals surface area contributed by atoms with Crippen molar-refractivity contribution >= 4 is 29.1 Å². The average molecular weight is 296 g/mol. The molecule has 2 rings (SSSR count). The summed E-state index contributed by atoms with van der Waals surface area (Å²) in [4.78, 5) is 11.2. The van der Waals surface area contributed by atoms with Crippen LogP contribution in [0.4, 0.5) is 5.69 Å². The van der Waals surface area contributed by atoms with Crippen molar-refractivity contribution in [1.29, 1.82) is 0 Å². The minimum Gasteiger partial charge on any atom is -0.507 e. The number of hydrogen-bond donors (Lipinski definition) is 1. The molecule has 2 aromatic rings. The summed E-state index contributed by atoms with van der Waals surface area (Å²) in [5.41, 5.74) is 0.456. The number of phenolic OH excluding ortho intramolecular Hbond substituents is 1. The minimum atomic E-state index is -0.452. The van der Waals surface area contributed by atoms with Crippen LogP contribution in [-0.4, -0.2) is 10.0 Å². The lowest BCUT2D eigenvalue weighted by Crippen LogP contribution is -1.95. The predicted molar refractivity (Wildman–Crippen MR) is 75.8 cm³/mol. The average Bonchev–Trinajstić information content (AvgIpc) is 2.38. The highest BCUT2D eigenvalue weighted by Crippen LogP contribution is 2.35. The van der Waals surface area contributed by atoms with E-state index < -0.39 is 4.92 Å². The highest BCUT2D eigenvalue weighted by molar-refractivity contribution is 7.98. The van der Waals surface area contributed by atoms with Crippen LogP contribution >= 0.6 is 23.4 Å². The number of aromatic hydroxyl groups is 1. The molecule has 2 aromatic carbocycles. The Bertz CT molecular complexity index is 619. The Morgan fingerprint density at radius 3 is 2.63 bits per heavy atom. The highest BCUT2D eigenvalue weighted by atomic mass is 35.5. The van der Waals surface area contributed by atoms with Gasteiger partial charge in [-0.25, -0.2) is 0 Å². The molecule has 0 fully saturated rings. The van der Waals surface area contributed by atoms with Gasteiger partial charge in [0.25, 0.3) is 5.69 Å². The number of hydrogen-bond acceptors (Lipinski definition) is 4. The van der Waals surface area contributed by atoms with Gasteiger partial charge in [-0.1, -0.05) is 29.8 Å². The quantitative estimate of drug-likeness (QED) is 0.520. The van der Waals surface area contributed by atoms with Crippen LogP contribution in [0.25, 0.3) is 0 Å². The van der Waals surface area contributed by atoms with Crippen molar-refractivity contribution in [3.05, 3.63) is 63.2 Å². The normalized spacial score (nSPS) is 10.4. The molecule has 0 amide bonds. The Morgan fingerprint density at radius 1 is 1.21 bits per heavy atom. The molecule has 0 spiro atoms. The van der Waals surface area contributed by atoms with Gasteiger partial charge in [-0.15, -0.1) is 11.8 Å². The van der Waals surface area contributed by atoms with E-state index in [9.17, 15) is 15.2 Å². The fourth-order valence-electron chi connectivity index (χ4n) is 1.59. The van der Waals surface area contributed by atoms with Crippen LogP contribution in [0.15, 0.2) is 47.4 Å². The second-order valence-electron chi connectivity index (χ2n) is 3.75. The lowest BCUT2D eigenvalue weighted by atomic mass is 10.2. The Morgan fingerprint density at radius 2 is 1.95 bits per heavy atom. The smallest absolute Gasteiger partial charge is 0.274 e. The number of nitro groups is 1. The molecule has 0 bridgehead atoms. The van der Waals surface area contributed by atoms with E-state index in [2.05, 4.69) is 0 Å². The Labute approximate surface area is 119 Å². The summed E-state index contributed by atoms with van der Waals surface area (Å²) in [7, 11) is 0. The zero-order chi connectivity index (χ0) is 13.8. The molecule has 0 aromatic heterocycles. The Kier molecular flexibility index (Phi) is 4.29. The van der Waals surface area contributed by atoms with Crippen LogP contribution in [0, 0.1) is 10.1 Å². The molecule has 0 heterocycles. The van der Waals surface area contributed by atoms with Gasteiger partial charge in [-0.3, -0.25) is 10.1 Å². The first-order chi connectivity index (χ1) is 9.09. The van der Waals surface area contributed by atoms with Gasteiger partial charge in [-0.2, -0.15) is 0 Å². The van der Waals surface area contributed by atoms with Crippen LogP contribution in [0.5, 0.6) is 5.75 Å². The maximum atomic E-state index is 10.9. The van der Waals surface area contributed by atoms with Gasteiger partial charge in [0.05, 0.1) is 15.5 Å². The van der Waals surface area contributed by atoms with Gasteiger partial charge in [0.2, 0.25) is 0 Å². The van der Waals surface area contributed by atoms with Gasteiger partial charge >= 0.3 is 0 Å². The zero-order valence-corrected chi connectivity index (χ0v) is 11.3. The van der Waals surface area contributed by atoms with Gasteiger partial charge in [-0.05, 0) is 18.2 Å². The molecular formula is C13H10ClNO3S. The summed E-state index contributed by atoms with van der Waals surface area (Å²) in [6, 6.07) is 11.4. The van der Waals surface area contributed by atoms with Crippen LogP contribution in [0.2, 0.25) is 5.02 Å². The molecule has 0 aliphatic heterocycles. The van der Waals surface area contributed by atoms with E-state index in [0.717, 1.165) is 0 Å². The van der Waals surface area contributed by atoms with Crippen molar-refractivity contribution in [2.24, 2.45) is 0 Å². The Hall–Kier alpha value is -1.72. The lowest BCUT2D eigenvalue weighted by molar-refractivity contribution is -0.385. The summed E-state index contributed by atoms with van der Waals surface area (Å²) >= 11 is 7.31. The molecule has 0 unspecified atom stereocenters. The molecule has 1 N–H and O–H groups in total. The van der Waals surface area contributed by atoms with Crippen molar-refractivity contribution in [3.63, 3.8) is 0 Å². The molecule has 98 valence electrons. The van der Waals surface area contributed by atoms with Crippen molar-refractivity contribution in [2.45, 2.75) is 10.6 Å². The number of nitro benzene ring substituents is 1. The third-order valence-corrected chi connectivity index (χ3v) is 3.97. The number of benzene rings is 2. The molecule has 0 aliphatic carbocycles. The summed E-state index contributed by atoms with van der Waals surface area (Å²) in [5.74, 6) is 0.482. The third kappa shape index (κ3) is 3.19. The number of phenols is 1. The summed E-state index contributed by atoms with van der Waals surface area (Å²) in [6.07, 6.45) is 0. The minimum absolute atomic E-state index is 0.00424. The second kappa shape index (κ2) is 5.95. The number of nitrogens with zero attached hydrogens (tertiary/aromatic N) is 1. The van der Waals surface area contributed by atoms with E-state index in [1.165, 1.54) is 17.8 Å². The van der Waals surface area contributed by atoms with E-state index in [-0.39, 0.29) is 11.4 Å². The monoisotopic (exact) mass is 295 g/mol. The van der Waals surface area contributed by atoms with Crippen LogP contribution in [0.1, 0.15) is 5.56 Å². The largest absolute Gasteiger partial charge is 0.507 e. The van der Waals surface area contributed by atoms with Crippen LogP contribution in [0.3, 0.4) is 0 Å². The zero-order valence-electron chi connectivity index (χ0n) is 9.75. The van der Waals surface area contributed by atoms with Crippen molar-refractivity contribution < 1.29 is 10.0 Å². The fourth-order valence-corrected chi connectivity index (χ4v) is 2.90. The molecule has 0 saturated carbocycles. The molecule has 0 atom stereocenters. The second-order valence-corrected chi connectivity index (χ2v) is 5.18. The van der Waals surface area contributed by atoms with E-state index >= 15 is 0 Å². The SMILES string of the molecule is O=[N+]([O-])c1cccc(Cl)c1CSc1ccccc1O. The maximum absolute atomic E-state index is 10.9. The highest BCUT2D eigenvalue weighted by Gasteiger charge is 2.17. The molecule has 4 nitrogen and oxygen atoms in total. The summed E-state index contributed by atoms with van der Waals surface area (Å²) in [5, 5.41) is 20.9. The number of para-hydroxylation sites is 1. The molecule has 0 saturated heterocycles. The maximum Gasteiger partial charge on any atom is 0.274 e. The first-order valence-corrected chi connectivity index (χ1v) is 6.78. The first kappa shape index (κ1) is 13.7. The van der Waals surface area contributed by atoms with Gasteiger partial charge < -0.3 is 5.11 Å². The predicted octanol–water partition coefficient (Wildman–Crippen LogP) is 4.25. The third-order valence-electron chi connectivity index (χ3n) is 2.53. The van der Waals surface area contributed by atoms with Crippen molar-refractivity contribution in [3.8, 4) is 5.75 Å². The van der Waals surface area contributed by atoms with Gasteiger partial charge in [0, 0.05) is 16.7 Å². The van der Waals surface area contributed by atoms with Crippen LogP contribution in [-0.2, 0) is 5.75 Å². The van der Waals surface area contributed by atoms with E-state index in [1.54, 1.807) is 36.4 Å². The van der Waals surface area contributed by atoms with Crippen molar-refractivity contribution in [2.75, 3.05) is 0 Å². The number of thioether (sulfide) groups is 1. The standard InChI is InChI=1S/C13H10ClNO3S/c14-10-4-3-5-11(15(17)18)9(10)8-19-13-7-2-1-6-12(13)16/h1-7,16H,8H2. The molecule has 6 heteroatoms. The lowest BCUT2D eigenvalue weighted by Gasteiger charge is -2.06. The fraction of sp³-hybridized carbons (Fsp3) is 0.0769. The number of rotatable bonds is 4. The first-order valence-electron chi connectivity index (χ1n) is 5.42. The molecule has 0 aliphatic rings. The van der Waals surface area contributed by atoms with E-state index in [0.29, 0.717) is 21.2 Å². The van der Waals surface area contributed by atoms with Crippen LogP contribution < -0.4 is 0 Å². The van der Waals surface area contributed by atoms with Crippen molar-refractivity contribution in [1.82, 2.24) is 0 Å². The summed E-state index contributed by atoms with van der Waals surface area (Å²) in [6.45, 7) is 0. The topological polar surface area (TPSA) is 63.4 Å². The Balaban J connectivity index is 2.25. The molecule has 19 heavy (non-hydrogen) atoms. The summed E-state index contributed by atoms with van der Waals surface area (Å²) < 4.78 is 0. The van der Waals surface area contributed by atoms with Gasteiger partial charge in [0.15, 0.2) is 0 Å². The number of halogens is 1. The molecule has 0 radical (unpaired) electrons. The molecular weight excluding hydrogens is 286 g/mol. The van der Waals surface area contributed by atoms with E-state index in [1.807, 2.05) is 0 Å². The van der Waals surface area contributed by atoms with E-state index in [4.69, 9.17) is 11.6 Å². The van der Waals surface area contributed by atoms with Gasteiger partial charge in [0.1, 0.15) is 5.75 Å².